The van der Waals surface area contributed by atoms with Gasteiger partial charge in [0.15, 0.2) is 12.7 Å². The van der Waals surface area contributed by atoms with Crippen LogP contribution in [0.5, 0.6) is 5.88 Å². The number of nitrogens with zero attached hydrogens (tertiary/aromatic N) is 2. The number of benzene rings is 1. The molecule has 0 fully saturated rings. The second-order valence-electron chi connectivity index (χ2n) is 6.27. The van der Waals surface area contributed by atoms with Crippen LogP contribution < -0.4 is 15.0 Å². The van der Waals surface area contributed by atoms with Crippen molar-refractivity contribution in [1.29, 1.82) is 0 Å². The predicted molar refractivity (Wildman–Crippen MR) is 100 cm³/mol. The van der Waals surface area contributed by atoms with E-state index in [0.717, 1.165) is 18.0 Å². The fourth-order valence-electron chi connectivity index (χ4n) is 2.11. The Kier molecular flexibility index (Phi) is 7.03. The third-order valence-electron chi connectivity index (χ3n) is 3.66. The number of carbonyl (C=O) groups excluding carboxylic acids is 2. The fraction of sp³-hybridized carbons (Fsp3) is 0.316. The number of carbonyl (C=O) groups is 2. The zero-order valence-corrected chi connectivity index (χ0v) is 16.0. The largest absolute Gasteiger partial charge is 0.468 e. The Morgan fingerprint density at radius 3 is 2.31 bits per heavy atom. The molecule has 7 nitrogen and oxygen atoms in total. The van der Waals surface area contributed by atoms with Crippen LogP contribution in [0.4, 0.5) is 24.5 Å². The first-order valence-corrected chi connectivity index (χ1v) is 8.50. The van der Waals surface area contributed by atoms with Crippen LogP contribution in [-0.4, -0.2) is 49.8 Å². The Hall–Kier alpha value is -3.30. The standard InChI is InChI=1S/C19H20F3N3O4/c1-12(17(26)24-14-5-7-15(8-6-14)25(2)3)29-18(27)13-4-9-16(23-10-13)28-11-19(20,21)22/h4-10,12H,11H2,1-3H3,(H,24,26). The molecular weight excluding hydrogens is 391 g/mol. The van der Waals surface area contributed by atoms with Gasteiger partial charge >= 0.3 is 12.1 Å². The number of aromatic nitrogens is 1. The Morgan fingerprint density at radius 2 is 1.79 bits per heavy atom. The van der Waals surface area contributed by atoms with E-state index >= 15 is 0 Å². The summed E-state index contributed by atoms with van der Waals surface area (Å²) >= 11 is 0. The van der Waals surface area contributed by atoms with Crippen LogP contribution in [-0.2, 0) is 9.53 Å². The van der Waals surface area contributed by atoms with Crippen molar-refractivity contribution in [2.45, 2.75) is 19.2 Å². The molecule has 156 valence electrons. The van der Waals surface area contributed by atoms with Gasteiger partial charge < -0.3 is 19.7 Å². The molecule has 0 radical (unpaired) electrons. The van der Waals surface area contributed by atoms with Crippen LogP contribution in [0, 0.1) is 0 Å². The molecule has 0 spiro atoms. The molecule has 1 unspecified atom stereocenters. The molecular formula is C19H20F3N3O4. The van der Waals surface area contributed by atoms with E-state index in [1.807, 2.05) is 31.1 Å². The summed E-state index contributed by atoms with van der Waals surface area (Å²) in [5.41, 5.74) is 1.47. The Bertz CT molecular complexity index is 837. The van der Waals surface area contributed by atoms with E-state index in [4.69, 9.17) is 4.74 Å². The summed E-state index contributed by atoms with van der Waals surface area (Å²) in [6.45, 7) is -0.0911. The van der Waals surface area contributed by atoms with Crippen molar-refractivity contribution in [3.63, 3.8) is 0 Å². The molecule has 29 heavy (non-hydrogen) atoms. The molecule has 0 aliphatic carbocycles. The van der Waals surface area contributed by atoms with Gasteiger partial charge in [0.1, 0.15) is 0 Å². The topological polar surface area (TPSA) is 80.8 Å². The van der Waals surface area contributed by atoms with Gasteiger partial charge in [-0.25, -0.2) is 9.78 Å². The SMILES string of the molecule is CC(OC(=O)c1ccc(OCC(F)(F)F)nc1)C(=O)Nc1ccc(N(C)C)cc1. The maximum absolute atomic E-state index is 12.2. The minimum absolute atomic E-state index is 0.0284. The Morgan fingerprint density at radius 1 is 1.14 bits per heavy atom. The van der Waals surface area contributed by atoms with Gasteiger partial charge in [-0.3, -0.25) is 4.79 Å². The van der Waals surface area contributed by atoms with Crippen molar-refractivity contribution in [2.75, 3.05) is 30.9 Å². The molecule has 1 aromatic heterocycles. The molecule has 1 atom stereocenters. The van der Waals surface area contributed by atoms with Crippen LogP contribution in [0.25, 0.3) is 0 Å². The zero-order chi connectivity index (χ0) is 21.6. The number of pyridine rings is 1. The number of anilines is 2. The summed E-state index contributed by atoms with van der Waals surface area (Å²) in [4.78, 5) is 29.8. The third kappa shape index (κ3) is 6.98. The van der Waals surface area contributed by atoms with Crippen molar-refractivity contribution >= 4 is 23.3 Å². The lowest BCUT2D eigenvalue weighted by Gasteiger charge is -2.15. The maximum atomic E-state index is 12.2. The highest BCUT2D eigenvalue weighted by molar-refractivity contribution is 5.97. The molecule has 0 bridgehead atoms. The molecule has 1 heterocycles. The number of amides is 1. The molecule has 0 aliphatic heterocycles. The average Bonchev–Trinajstić information content (AvgIpc) is 2.66. The van der Waals surface area contributed by atoms with Crippen molar-refractivity contribution in [3.05, 3.63) is 48.2 Å². The summed E-state index contributed by atoms with van der Waals surface area (Å²) in [5.74, 6) is -1.66. The molecule has 2 rings (SSSR count). The number of nitrogens with one attached hydrogen (secondary N) is 1. The first-order chi connectivity index (χ1) is 13.5. The fourth-order valence-corrected chi connectivity index (χ4v) is 2.11. The first-order valence-electron chi connectivity index (χ1n) is 8.50. The van der Waals surface area contributed by atoms with Gasteiger partial charge in [0.25, 0.3) is 5.91 Å². The van der Waals surface area contributed by atoms with Gasteiger partial charge in [0.05, 0.1) is 5.56 Å². The predicted octanol–water partition coefficient (Wildman–Crippen LogP) is 3.27. The second-order valence-corrected chi connectivity index (χ2v) is 6.27. The summed E-state index contributed by atoms with van der Waals surface area (Å²) in [7, 11) is 3.78. The van der Waals surface area contributed by atoms with E-state index in [1.54, 1.807) is 12.1 Å². The summed E-state index contributed by atoms with van der Waals surface area (Å²) < 4.78 is 45.9. The average molecular weight is 411 g/mol. The molecule has 1 amide bonds. The number of ether oxygens (including phenoxy) is 2. The normalized spacial score (nSPS) is 12.1. The lowest BCUT2D eigenvalue weighted by atomic mass is 10.2. The zero-order valence-electron chi connectivity index (χ0n) is 16.0. The van der Waals surface area contributed by atoms with Crippen LogP contribution >= 0.6 is 0 Å². The highest BCUT2D eigenvalue weighted by Crippen LogP contribution is 2.18. The van der Waals surface area contributed by atoms with Crippen LogP contribution in [0.3, 0.4) is 0 Å². The second kappa shape index (κ2) is 9.26. The van der Waals surface area contributed by atoms with E-state index in [9.17, 15) is 22.8 Å². The summed E-state index contributed by atoms with van der Waals surface area (Å²) in [6.07, 6.45) is -4.58. The molecule has 2 aromatic rings. The van der Waals surface area contributed by atoms with Gasteiger partial charge in [-0.05, 0) is 37.3 Å². The monoisotopic (exact) mass is 411 g/mol. The van der Waals surface area contributed by atoms with Crippen molar-refractivity contribution in [2.24, 2.45) is 0 Å². The number of halogens is 3. The van der Waals surface area contributed by atoms with Crippen molar-refractivity contribution < 1.29 is 32.2 Å². The number of hydrogen-bond donors (Lipinski definition) is 1. The Balaban J connectivity index is 1.89. The smallest absolute Gasteiger partial charge is 0.422 e. The molecule has 0 saturated carbocycles. The van der Waals surface area contributed by atoms with E-state index in [2.05, 4.69) is 15.0 Å². The van der Waals surface area contributed by atoms with Crippen LogP contribution in [0.15, 0.2) is 42.6 Å². The quantitative estimate of drug-likeness (QED) is 0.705. The van der Waals surface area contributed by atoms with Crippen LogP contribution in [0.1, 0.15) is 17.3 Å². The molecule has 10 heteroatoms. The lowest BCUT2D eigenvalue weighted by Crippen LogP contribution is -2.30. The van der Waals surface area contributed by atoms with Crippen LogP contribution in [0.2, 0.25) is 0 Å². The highest BCUT2D eigenvalue weighted by Gasteiger charge is 2.28. The minimum Gasteiger partial charge on any atom is -0.468 e. The number of esters is 1. The van der Waals surface area contributed by atoms with Gasteiger partial charge in [0, 0.05) is 37.7 Å². The van der Waals surface area contributed by atoms with Gasteiger partial charge in [-0.2, -0.15) is 13.2 Å². The Labute approximate surface area is 165 Å². The molecule has 1 aromatic carbocycles. The minimum atomic E-state index is -4.49. The van der Waals surface area contributed by atoms with Gasteiger partial charge in [-0.15, -0.1) is 0 Å². The van der Waals surface area contributed by atoms with E-state index < -0.39 is 30.8 Å². The molecule has 0 aliphatic rings. The van der Waals surface area contributed by atoms with E-state index in [-0.39, 0.29) is 11.4 Å². The van der Waals surface area contributed by atoms with Crippen molar-refractivity contribution in [1.82, 2.24) is 4.98 Å². The van der Waals surface area contributed by atoms with E-state index in [0.29, 0.717) is 5.69 Å². The third-order valence-corrected chi connectivity index (χ3v) is 3.66. The lowest BCUT2D eigenvalue weighted by molar-refractivity contribution is -0.154. The maximum Gasteiger partial charge on any atom is 0.422 e. The number of hydrogen-bond acceptors (Lipinski definition) is 6. The first kappa shape index (κ1) is 22.0. The number of rotatable bonds is 7. The summed E-state index contributed by atoms with van der Waals surface area (Å²) in [6, 6.07) is 9.38. The number of alkyl halides is 3. The highest BCUT2D eigenvalue weighted by atomic mass is 19.4. The van der Waals surface area contributed by atoms with Crippen molar-refractivity contribution in [3.8, 4) is 5.88 Å². The molecule has 1 N–H and O–H groups in total. The van der Waals surface area contributed by atoms with Gasteiger partial charge in [-0.1, -0.05) is 0 Å². The van der Waals surface area contributed by atoms with Gasteiger partial charge in [0.2, 0.25) is 5.88 Å². The summed E-state index contributed by atoms with van der Waals surface area (Å²) in [5, 5.41) is 2.63. The van der Waals surface area contributed by atoms with E-state index in [1.165, 1.54) is 13.0 Å². The molecule has 0 saturated heterocycles.